The summed E-state index contributed by atoms with van der Waals surface area (Å²) in [6, 6.07) is 0. The van der Waals surface area contributed by atoms with Gasteiger partial charge in [0.1, 0.15) is 29.0 Å². The van der Waals surface area contributed by atoms with Crippen LogP contribution in [0.3, 0.4) is 0 Å². The molecule has 0 aromatic rings. The van der Waals surface area contributed by atoms with Crippen molar-refractivity contribution in [2.45, 2.75) is 0 Å². The first-order valence-electron chi connectivity index (χ1n) is 4.54. The molecule has 0 fully saturated rings. The SMILES string of the molecule is COC[SiH2]N([SiH2]COC)[SiH2]COC. The lowest BCUT2D eigenvalue weighted by molar-refractivity contribution is 0.241. The summed E-state index contributed by atoms with van der Waals surface area (Å²) < 4.78 is 18.0. The summed E-state index contributed by atoms with van der Waals surface area (Å²) in [4.78, 5) is 0. The predicted molar refractivity (Wildman–Crippen MR) is 63.1 cm³/mol. The van der Waals surface area contributed by atoms with Crippen LogP contribution >= 0.6 is 0 Å². The van der Waals surface area contributed by atoms with Gasteiger partial charge in [-0.05, 0) is 0 Å². The van der Waals surface area contributed by atoms with Crippen LogP contribution in [-0.2, 0) is 14.2 Å². The lowest BCUT2D eigenvalue weighted by Crippen LogP contribution is -2.41. The Labute approximate surface area is 87.6 Å². The summed E-state index contributed by atoms with van der Waals surface area (Å²) in [5.41, 5.74) is 0. The normalized spacial score (nSPS) is 13.8. The second-order valence-electron chi connectivity index (χ2n) is 2.82. The highest BCUT2D eigenvalue weighted by molar-refractivity contribution is 6.65. The molecule has 0 aromatic carbocycles. The first-order chi connectivity index (χ1) is 6.35. The molecule has 0 saturated carbocycles. The molecule has 4 nitrogen and oxygen atoms in total. The maximum atomic E-state index is 5.12. The van der Waals surface area contributed by atoms with E-state index in [9.17, 15) is 0 Å². The van der Waals surface area contributed by atoms with E-state index in [-0.39, 0.29) is 29.0 Å². The molecule has 0 saturated heterocycles. The van der Waals surface area contributed by atoms with Crippen molar-refractivity contribution in [1.29, 1.82) is 0 Å². The fourth-order valence-corrected chi connectivity index (χ4v) is 7.33. The van der Waals surface area contributed by atoms with Crippen LogP contribution in [0, 0.1) is 0 Å². The van der Waals surface area contributed by atoms with Crippen LogP contribution in [-0.4, -0.2) is 73.0 Å². The summed E-state index contributed by atoms with van der Waals surface area (Å²) in [7, 11) is 4.91. The molecule has 0 N–H and O–H groups in total. The minimum Gasteiger partial charge on any atom is -0.387 e. The summed E-state index contributed by atoms with van der Waals surface area (Å²) in [6.07, 6.45) is 2.90. The van der Waals surface area contributed by atoms with E-state index in [0.29, 0.717) is 0 Å². The molecule has 0 aliphatic rings. The lowest BCUT2D eigenvalue weighted by Gasteiger charge is -2.20. The van der Waals surface area contributed by atoms with Gasteiger partial charge in [0, 0.05) is 40.0 Å². The van der Waals surface area contributed by atoms with Crippen molar-refractivity contribution in [3.05, 3.63) is 0 Å². The molecule has 0 heterocycles. The van der Waals surface area contributed by atoms with E-state index in [1.54, 1.807) is 21.3 Å². The third-order valence-corrected chi connectivity index (χ3v) is 11.2. The largest absolute Gasteiger partial charge is 0.387 e. The quantitative estimate of drug-likeness (QED) is 0.412. The Morgan fingerprint density at radius 3 is 1.31 bits per heavy atom. The Bertz CT molecular complexity index is 90.1. The van der Waals surface area contributed by atoms with Crippen LogP contribution in [0.1, 0.15) is 0 Å². The molecular formula is C6H21NO3Si3. The van der Waals surface area contributed by atoms with Gasteiger partial charge in [0.2, 0.25) is 0 Å². The molecule has 0 radical (unpaired) electrons. The molecule has 80 valence electrons. The minimum atomic E-state index is -0.141. The number of nitrogens with zero attached hydrogens (tertiary/aromatic N) is 1. The topological polar surface area (TPSA) is 30.9 Å². The van der Waals surface area contributed by atoms with Crippen molar-refractivity contribution in [2.24, 2.45) is 0 Å². The molecule has 7 heteroatoms. The number of rotatable bonds is 9. The molecule has 0 aliphatic heterocycles. The highest BCUT2D eigenvalue weighted by Crippen LogP contribution is 1.82. The van der Waals surface area contributed by atoms with E-state index < -0.39 is 0 Å². The number of hydrogen-bond donors (Lipinski definition) is 0. The number of ether oxygens (including phenoxy) is 3. The fraction of sp³-hybridized carbons (Fsp3) is 1.00. The van der Waals surface area contributed by atoms with Crippen molar-refractivity contribution in [1.82, 2.24) is 3.90 Å². The van der Waals surface area contributed by atoms with Crippen molar-refractivity contribution in [3.8, 4) is 0 Å². The highest BCUT2D eigenvalue weighted by Gasteiger charge is 2.04. The Hall–Kier alpha value is 0.491. The van der Waals surface area contributed by atoms with Gasteiger partial charge >= 0.3 is 0 Å². The van der Waals surface area contributed by atoms with Gasteiger partial charge < -0.3 is 18.1 Å². The van der Waals surface area contributed by atoms with Gasteiger partial charge in [-0.1, -0.05) is 0 Å². The van der Waals surface area contributed by atoms with Gasteiger partial charge in [-0.2, -0.15) is 0 Å². The molecule has 0 rings (SSSR count). The number of hydrogen-bond acceptors (Lipinski definition) is 4. The maximum absolute atomic E-state index is 5.12. The number of methoxy groups -OCH3 is 3. The smallest absolute Gasteiger partial charge is 0.109 e. The zero-order chi connectivity index (χ0) is 9.94. The predicted octanol–water partition coefficient (Wildman–Crippen LogP) is -2.65. The van der Waals surface area contributed by atoms with Gasteiger partial charge in [-0.25, -0.2) is 0 Å². The average molecular weight is 239 g/mol. The highest BCUT2D eigenvalue weighted by atomic mass is 28.4. The van der Waals surface area contributed by atoms with E-state index >= 15 is 0 Å². The Kier molecular flexibility index (Phi) is 11.0. The van der Waals surface area contributed by atoms with Gasteiger partial charge in [0.05, 0.1) is 0 Å². The van der Waals surface area contributed by atoms with Crippen LogP contribution < -0.4 is 0 Å². The zero-order valence-electron chi connectivity index (χ0n) is 8.91. The van der Waals surface area contributed by atoms with E-state index in [1.807, 2.05) is 0 Å². The average Bonchev–Trinajstić information content (AvgIpc) is 2.17. The van der Waals surface area contributed by atoms with E-state index in [0.717, 1.165) is 18.7 Å². The van der Waals surface area contributed by atoms with Gasteiger partial charge in [0.25, 0.3) is 0 Å². The first-order valence-corrected chi connectivity index (χ1v) is 9.44. The molecule has 0 spiro atoms. The third-order valence-electron chi connectivity index (χ3n) is 1.83. The first kappa shape index (κ1) is 13.5. The monoisotopic (exact) mass is 239 g/mol. The molecule has 0 unspecified atom stereocenters. The molecule has 0 aliphatic carbocycles. The molecule has 13 heavy (non-hydrogen) atoms. The van der Waals surface area contributed by atoms with E-state index in [2.05, 4.69) is 3.90 Å². The lowest BCUT2D eigenvalue weighted by atomic mass is 11.5. The third kappa shape index (κ3) is 8.81. The van der Waals surface area contributed by atoms with Crippen molar-refractivity contribution in [3.63, 3.8) is 0 Å². The van der Waals surface area contributed by atoms with Crippen molar-refractivity contribution >= 4 is 29.0 Å². The van der Waals surface area contributed by atoms with E-state index in [4.69, 9.17) is 14.2 Å². The van der Waals surface area contributed by atoms with Gasteiger partial charge in [-0.3, -0.25) is 0 Å². The second kappa shape index (κ2) is 10.6. The minimum absolute atomic E-state index is 0.141. The molecule has 0 amide bonds. The van der Waals surface area contributed by atoms with Gasteiger partial charge in [-0.15, -0.1) is 0 Å². The fourth-order valence-electron chi connectivity index (χ4n) is 0.997. The summed E-state index contributed by atoms with van der Waals surface area (Å²) >= 11 is 0. The van der Waals surface area contributed by atoms with Gasteiger partial charge in [0.15, 0.2) is 0 Å². The van der Waals surface area contributed by atoms with Crippen LogP contribution in [0.25, 0.3) is 0 Å². The molecule has 0 bridgehead atoms. The van der Waals surface area contributed by atoms with Crippen LogP contribution in [0.4, 0.5) is 0 Å². The maximum Gasteiger partial charge on any atom is 0.109 e. The summed E-state index contributed by atoms with van der Waals surface area (Å²) in [5, 5.41) is 0. The van der Waals surface area contributed by atoms with Crippen LogP contribution in [0.15, 0.2) is 0 Å². The zero-order valence-corrected chi connectivity index (χ0v) is 13.2. The molecular weight excluding hydrogens is 218 g/mol. The van der Waals surface area contributed by atoms with Crippen LogP contribution in [0.2, 0.25) is 0 Å². The standard InChI is InChI=1S/C6H21NO3Si3/c1-8-4-11-7(12-5-9-2)13-6-10-3/h4-6,11-13H2,1-3H3. The Morgan fingerprint density at radius 1 is 0.769 bits per heavy atom. The Morgan fingerprint density at radius 2 is 1.08 bits per heavy atom. The van der Waals surface area contributed by atoms with Crippen molar-refractivity contribution in [2.75, 3.05) is 40.0 Å². The van der Waals surface area contributed by atoms with Crippen LogP contribution in [0.5, 0.6) is 0 Å². The molecule has 0 atom stereocenters. The molecule has 0 aromatic heterocycles. The summed E-state index contributed by atoms with van der Waals surface area (Å²) in [6.45, 7) is 0. The summed E-state index contributed by atoms with van der Waals surface area (Å²) in [5.74, 6) is 0. The van der Waals surface area contributed by atoms with Crippen molar-refractivity contribution < 1.29 is 14.2 Å². The Balaban J connectivity index is 3.47. The van der Waals surface area contributed by atoms with E-state index in [1.165, 1.54) is 0 Å². The second-order valence-corrected chi connectivity index (χ2v) is 10.8.